The van der Waals surface area contributed by atoms with E-state index in [1.807, 2.05) is 0 Å². The first-order valence-electron chi connectivity index (χ1n) is 8.64. The minimum Gasteiger partial charge on any atom is -0.313 e. The second-order valence-corrected chi connectivity index (χ2v) is 7.68. The topological polar surface area (TPSA) is 18.5 Å². The Hall–Kier alpha value is -0.120. The van der Waals surface area contributed by atoms with Gasteiger partial charge in [-0.3, -0.25) is 4.90 Å². The summed E-state index contributed by atoms with van der Waals surface area (Å²) < 4.78 is 0. The van der Waals surface area contributed by atoms with Crippen molar-refractivity contribution in [2.45, 2.75) is 71.5 Å². The fourth-order valence-corrected chi connectivity index (χ4v) is 4.15. The highest BCUT2D eigenvalue weighted by Gasteiger charge is 2.39. The van der Waals surface area contributed by atoms with Crippen LogP contribution in [0.5, 0.6) is 0 Å². The molecular weight excluding hydrogens is 246 g/mol. The summed E-state index contributed by atoms with van der Waals surface area (Å²) in [4.78, 5) is 5.34. The number of rotatable bonds is 4. The smallest absolute Gasteiger partial charge is 0.0255 e. The monoisotopic (exact) mass is 281 g/mol. The molecule has 3 atom stereocenters. The zero-order valence-corrected chi connectivity index (χ0v) is 14.3. The standard InChI is InChI=1S/C17H35N3/c1-6-14-13-20(11-10-19(14)5)16-12-17(3,4)9-8-15(16)18-7-2/h14-16,18H,6-13H2,1-5H3. The van der Waals surface area contributed by atoms with Gasteiger partial charge in [0.05, 0.1) is 0 Å². The molecule has 0 aromatic rings. The molecule has 1 heterocycles. The summed E-state index contributed by atoms with van der Waals surface area (Å²) in [6.07, 6.45) is 5.33. The third-order valence-electron chi connectivity index (χ3n) is 5.57. The molecule has 2 rings (SSSR count). The average Bonchev–Trinajstić information content (AvgIpc) is 2.41. The number of hydrogen-bond acceptors (Lipinski definition) is 3. The maximum Gasteiger partial charge on any atom is 0.0255 e. The van der Waals surface area contributed by atoms with Crippen molar-refractivity contribution >= 4 is 0 Å². The van der Waals surface area contributed by atoms with Crippen LogP contribution in [0, 0.1) is 5.41 Å². The number of hydrogen-bond donors (Lipinski definition) is 1. The van der Waals surface area contributed by atoms with Crippen LogP contribution in [0.2, 0.25) is 0 Å². The van der Waals surface area contributed by atoms with Gasteiger partial charge in [0, 0.05) is 37.8 Å². The van der Waals surface area contributed by atoms with Crippen molar-refractivity contribution in [2.75, 3.05) is 33.2 Å². The number of nitrogens with zero attached hydrogens (tertiary/aromatic N) is 2. The molecule has 118 valence electrons. The van der Waals surface area contributed by atoms with Gasteiger partial charge in [0.1, 0.15) is 0 Å². The molecule has 20 heavy (non-hydrogen) atoms. The Morgan fingerprint density at radius 1 is 1.20 bits per heavy atom. The van der Waals surface area contributed by atoms with Crippen molar-refractivity contribution in [3.05, 3.63) is 0 Å². The van der Waals surface area contributed by atoms with E-state index in [-0.39, 0.29) is 0 Å². The molecule has 1 aliphatic carbocycles. The van der Waals surface area contributed by atoms with Crippen molar-refractivity contribution in [1.82, 2.24) is 15.1 Å². The van der Waals surface area contributed by atoms with E-state index < -0.39 is 0 Å². The molecule has 0 aromatic heterocycles. The summed E-state index contributed by atoms with van der Waals surface area (Å²) in [5, 5.41) is 3.76. The Labute approximate surface area is 126 Å². The predicted octanol–water partition coefficient (Wildman–Crippen LogP) is 2.57. The van der Waals surface area contributed by atoms with Gasteiger partial charge in [-0.2, -0.15) is 0 Å². The van der Waals surface area contributed by atoms with Crippen molar-refractivity contribution in [2.24, 2.45) is 5.41 Å². The Balaban J connectivity index is 2.05. The van der Waals surface area contributed by atoms with Crippen LogP contribution in [0.1, 0.15) is 53.4 Å². The summed E-state index contributed by atoms with van der Waals surface area (Å²) in [5.74, 6) is 0. The third-order valence-corrected chi connectivity index (χ3v) is 5.57. The fourth-order valence-electron chi connectivity index (χ4n) is 4.15. The number of likely N-dealkylation sites (N-methyl/N-ethyl adjacent to an activating group) is 2. The van der Waals surface area contributed by atoms with Gasteiger partial charge in [-0.05, 0) is 44.7 Å². The lowest BCUT2D eigenvalue weighted by Gasteiger charge is -2.50. The van der Waals surface area contributed by atoms with E-state index in [0.29, 0.717) is 11.5 Å². The SMILES string of the molecule is CCNC1CCC(C)(C)CC1N1CCN(C)C(CC)C1. The Bertz CT molecular complexity index is 303. The molecule has 3 nitrogen and oxygen atoms in total. The first-order chi connectivity index (χ1) is 9.46. The highest BCUT2D eigenvalue weighted by molar-refractivity contribution is 4.96. The van der Waals surface area contributed by atoms with Gasteiger partial charge in [-0.15, -0.1) is 0 Å². The highest BCUT2D eigenvalue weighted by atomic mass is 15.3. The van der Waals surface area contributed by atoms with E-state index >= 15 is 0 Å². The third kappa shape index (κ3) is 3.75. The Morgan fingerprint density at radius 2 is 1.95 bits per heavy atom. The molecule has 1 saturated heterocycles. The van der Waals surface area contributed by atoms with Gasteiger partial charge in [0.2, 0.25) is 0 Å². The molecule has 0 amide bonds. The number of nitrogens with one attached hydrogen (secondary N) is 1. The molecule has 2 fully saturated rings. The maximum atomic E-state index is 3.76. The maximum absolute atomic E-state index is 3.76. The van der Waals surface area contributed by atoms with Crippen molar-refractivity contribution < 1.29 is 0 Å². The first-order valence-corrected chi connectivity index (χ1v) is 8.64. The van der Waals surface area contributed by atoms with Crippen molar-refractivity contribution in [3.8, 4) is 0 Å². The van der Waals surface area contributed by atoms with Crippen LogP contribution < -0.4 is 5.32 Å². The highest BCUT2D eigenvalue weighted by Crippen LogP contribution is 2.38. The molecule has 1 saturated carbocycles. The van der Waals surface area contributed by atoms with Crippen LogP contribution in [0.3, 0.4) is 0 Å². The van der Waals surface area contributed by atoms with E-state index in [2.05, 4.69) is 49.9 Å². The van der Waals surface area contributed by atoms with E-state index in [4.69, 9.17) is 0 Å². The minimum atomic E-state index is 0.516. The normalized spacial score (nSPS) is 36.1. The number of piperazine rings is 1. The summed E-state index contributed by atoms with van der Waals surface area (Å²) in [6, 6.07) is 2.19. The zero-order valence-electron chi connectivity index (χ0n) is 14.3. The van der Waals surface area contributed by atoms with Gasteiger partial charge in [-0.1, -0.05) is 27.7 Å². The molecule has 0 radical (unpaired) electrons. The van der Waals surface area contributed by atoms with Gasteiger partial charge in [0.15, 0.2) is 0 Å². The van der Waals surface area contributed by atoms with Crippen LogP contribution in [0.25, 0.3) is 0 Å². The molecular formula is C17H35N3. The van der Waals surface area contributed by atoms with Gasteiger partial charge in [-0.25, -0.2) is 0 Å². The predicted molar refractivity (Wildman–Crippen MR) is 87.2 cm³/mol. The molecule has 0 spiro atoms. The quantitative estimate of drug-likeness (QED) is 0.854. The second-order valence-electron chi connectivity index (χ2n) is 7.68. The van der Waals surface area contributed by atoms with E-state index in [0.717, 1.165) is 18.6 Å². The lowest BCUT2D eigenvalue weighted by atomic mass is 9.72. The molecule has 3 unspecified atom stereocenters. The van der Waals surface area contributed by atoms with E-state index in [1.54, 1.807) is 0 Å². The summed E-state index contributed by atoms with van der Waals surface area (Å²) in [6.45, 7) is 14.3. The molecule has 0 aromatic carbocycles. The van der Waals surface area contributed by atoms with Crippen LogP contribution in [-0.4, -0.2) is 61.2 Å². The molecule has 1 aliphatic heterocycles. The lowest BCUT2D eigenvalue weighted by molar-refractivity contribution is 0.0106. The molecule has 2 aliphatic rings. The van der Waals surface area contributed by atoms with Gasteiger partial charge >= 0.3 is 0 Å². The summed E-state index contributed by atoms with van der Waals surface area (Å²) >= 11 is 0. The van der Waals surface area contributed by atoms with Gasteiger partial charge in [0.25, 0.3) is 0 Å². The van der Waals surface area contributed by atoms with Crippen LogP contribution >= 0.6 is 0 Å². The van der Waals surface area contributed by atoms with Crippen LogP contribution in [0.15, 0.2) is 0 Å². The first kappa shape index (κ1) is 16.3. The molecule has 0 bridgehead atoms. The zero-order chi connectivity index (χ0) is 14.8. The summed E-state index contributed by atoms with van der Waals surface area (Å²) in [7, 11) is 2.29. The van der Waals surface area contributed by atoms with Crippen molar-refractivity contribution in [1.29, 1.82) is 0 Å². The van der Waals surface area contributed by atoms with E-state index in [1.165, 1.54) is 45.3 Å². The Morgan fingerprint density at radius 3 is 2.60 bits per heavy atom. The fraction of sp³-hybridized carbons (Fsp3) is 1.00. The average molecular weight is 281 g/mol. The van der Waals surface area contributed by atoms with E-state index in [9.17, 15) is 0 Å². The summed E-state index contributed by atoms with van der Waals surface area (Å²) in [5.41, 5.74) is 0.516. The molecule has 3 heteroatoms. The Kier molecular flexibility index (Phi) is 5.49. The van der Waals surface area contributed by atoms with Gasteiger partial charge < -0.3 is 10.2 Å². The van der Waals surface area contributed by atoms with Crippen molar-refractivity contribution in [3.63, 3.8) is 0 Å². The second kappa shape index (κ2) is 6.76. The minimum absolute atomic E-state index is 0.516. The van der Waals surface area contributed by atoms with Crippen LogP contribution in [-0.2, 0) is 0 Å². The lowest BCUT2D eigenvalue weighted by Crippen LogP contribution is -2.61. The largest absolute Gasteiger partial charge is 0.313 e. The van der Waals surface area contributed by atoms with Crippen LogP contribution in [0.4, 0.5) is 0 Å². The molecule has 1 N–H and O–H groups in total.